The lowest BCUT2D eigenvalue weighted by atomic mass is 10.2. The molecule has 0 saturated heterocycles. The molecule has 6 heteroatoms. The van der Waals surface area contributed by atoms with Gasteiger partial charge >= 0.3 is 12.1 Å². The van der Waals surface area contributed by atoms with Gasteiger partial charge in [-0.3, -0.25) is 0 Å². The van der Waals surface area contributed by atoms with Gasteiger partial charge in [0, 0.05) is 5.69 Å². The number of carboxylic acid groups (broad SMARTS) is 1. The summed E-state index contributed by atoms with van der Waals surface area (Å²) in [6, 6.07) is 13.0. The quantitative estimate of drug-likeness (QED) is 0.509. The number of aromatic carboxylic acids is 1. The lowest BCUT2D eigenvalue weighted by molar-refractivity contribution is 0.0688. The number of benzene rings is 2. The van der Waals surface area contributed by atoms with E-state index in [9.17, 15) is 9.59 Å². The van der Waals surface area contributed by atoms with Crippen molar-refractivity contribution in [2.24, 2.45) is 0 Å². The maximum atomic E-state index is 11.6. The molecule has 0 bridgehead atoms. The van der Waals surface area contributed by atoms with Crippen LogP contribution in [-0.2, 0) is 11.3 Å². The first-order valence-electron chi connectivity index (χ1n) is 6.07. The Morgan fingerprint density at radius 1 is 1.10 bits per heavy atom. The van der Waals surface area contributed by atoms with Crippen molar-refractivity contribution < 1.29 is 24.2 Å². The highest BCUT2D eigenvalue weighted by Gasteiger charge is 2.15. The smallest absolute Gasteiger partial charge is 0.478 e. The van der Waals surface area contributed by atoms with E-state index >= 15 is 0 Å². The van der Waals surface area contributed by atoms with E-state index in [2.05, 4.69) is 0 Å². The normalized spacial score (nSPS) is 9.90. The fraction of sp³-hybridized carbons (Fsp3) is 0.0667. The van der Waals surface area contributed by atoms with Gasteiger partial charge in [-0.05, 0) is 23.8 Å². The second-order valence-corrected chi connectivity index (χ2v) is 4.19. The summed E-state index contributed by atoms with van der Waals surface area (Å²) in [6.45, 7) is 0.0387. The maximum absolute atomic E-state index is 11.6. The summed E-state index contributed by atoms with van der Waals surface area (Å²) < 4.78 is 9.80. The van der Waals surface area contributed by atoms with Crippen LogP contribution in [0.15, 0.2) is 48.5 Å². The van der Waals surface area contributed by atoms with E-state index in [1.165, 1.54) is 18.2 Å². The van der Waals surface area contributed by atoms with Gasteiger partial charge in [-0.25, -0.2) is 9.59 Å². The van der Waals surface area contributed by atoms with Crippen molar-refractivity contribution in [2.45, 2.75) is 6.61 Å². The molecule has 0 heterocycles. The van der Waals surface area contributed by atoms with Crippen molar-refractivity contribution in [1.82, 2.24) is 0 Å². The average molecular weight is 287 g/mol. The molecule has 0 radical (unpaired) electrons. The number of anilines is 1. The van der Waals surface area contributed by atoms with Crippen LogP contribution in [0.2, 0.25) is 0 Å². The summed E-state index contributed by atoms with van der Waals surface area (Å²) in [5, 5.41) is 9.02. The van der Waals surface area contributed by atoms with Crippen molar-refractivity contribution in [2.75, 3.05) is 5.73 Å². The predicted octanol–water partition coefficient (Wildman–Crippen LogP) is 2.68. The summed E-state index contributed by atoms with van der Waals surface area (Å²) in [5.41, 5.74) is 6.35. The van der Waals surface area contributed by atoms with E-state index in [0.717, 1.165) is 5.56 Å². The summed E-state index contributed by atoms with van der Waals surface area (Å²) in [6.07, 6.45) is -0.980. The third-order valence-electron chi connectivity index (χ3n) is 2.63. The van der Waals surface area contributed by atoms with Crippen molar-refractivity contribution in [3.05, 3.63) is 59.7 Å². The molecule has 0 atom stereocenters. The van der Waals surface area contributed by atoms with Gasteiger partial charge in [-0.2, -0.15) is 0 Å². The number of nitrogen functional groups attached to an aromatic ring is 1. The van der Waals surface area contributed by atoms with Crippen LogP contribution in [-0.4, -0.2) is 17.2 Å². The minimum atomic E-state index is -1.24. The van der Waals surface area contributed by atoms with Gasteiger partial charge in [0.25, 0.3) is 0 Å². The average Bonchev–Trinajstić information content (AvgIpc) is 2.48. The largest absolute Gasteiger partial charge is 0.514 e. The number of carbonyl (C=O) groups is 2. The Bertz CT molecular complexity index is 654. The van der Waals surface area contributed by atoms with E-state index in [0.29, 0.717) is 0 Å². The molecular formula is C15H13NO5. The number of carboxylic acids is 1. The Labute approximate surface area is 120 Å². The molecule has 2 aromatic carbocycles. The third-order valence-corrected chi connectivity index (χ3v) is 2.63. The first-order chi connectivity index (χ1) is 10.1. The molecule has 0 saturated carbocycles. The molecule has 3 N–H and O–H groups in total. The molecule has 21 heavy (non-hydrogen) atoms. The second kappa shape index (κ2) is 6.42. The molecule has 108 valence electrons. The maximum Gasteiger partial charge on any atom is 0.514 e. The highest BCUT2D eigenvalue weighted by Crippen LogP contribution is 2.22. The predicted molar refractivity (Wildman–Crippen MR) is 75.1 cm³/mol. The second-order valence-electron chi connectivity index (χ2n) is 4.19. The van der Waals surface area contributed by atoms with Gasteiger partial charge in [0.2, 0.25) is 0 Å². The molecule has 0 aliphatic carbocycles. The van der Waals surface area contributed by atoms with Gasteiger partial charge in [-0.1, -0.05) is 30.3 Å². The Hall–Kier alpha value is -3.02. The monoisotopic (exact) mass is 287 g/mol. The molecular weight excluding hydrogens is 274 g/mol. The van der Waals surface area contributed by atoms with Crippen molar-refractivity contribution >= 4 is 17.8 Å². The highest BCUT2D eigenvalue weighted by atomic mass is 16.7. The number of nitrogens with two attached hydrogens (primary N) is 1. The standard InChI is InChI=1S/C15H13NO5/c16-11-6-7-13(12(8-11)14(17)18)21-15(19)20-9-10-4-2-1-3-5-10/h1-8H,9,16H2,(H,17,18). The van der Waals surface area contributed by atoms with E-state index in [4.69, 9.17) is 20.3 Å². The zero-order valence-corrected chi connectivity index (χ0v) is 11.0. The van der Waals surface area contributed by atoms with Crippen molar-refractivity contribution in [3.63, 3.8) is 0 Å². The minimum absolute atomic E-state index is 0.0387. The Morgan fingerprint density at radius 3 is 2.48 bits per heavy atom. The lowest BCUT2D eigenvalue weighted by Crippen LogP contribution is -2.13. The van der Waals surface area contributed by atoms with Gasteiger partial charge in [0.15, 0.2) is 0 Å². The fourth-order valence-electron chi connectivity index (χ4n) is 1.64. The van der Waals surface area contributed by atoms with Crippen molar-refractivity contribution in [3.8, 4) is 5.75 Å². The Morgan fingerprint density at radius 2 is 1.81 bits per heavy atom. The summed E-state index contributed by atoms with van der Waals surface area (Å²) >= 11 is 0. The number of rotatable bonds is 4. The van der Waals surface area contributed by atoms with E-state index in [1.807, 2.05) is 18.2 Å². The fourth-order valence-corrected chi connectivity index (χ4v) is 1.64. The van der Waals surface area contributed by atoms with Crippen LogP contribution in [0.5, 0.6) is 5.75 Å². The van der Waals surface area contributed by atoms with E-state index in [-0.39, 0.29) is 23.6 Å². The Kier molecular flexibility index (Phi) is 4.40. The zero-order valence-electron chi connectivity index (χ0n) is 11.0. The van der Waals surface area contributed by atoms with Crippen molar-refractivity contribution in [1.29, 1.82) is 0 Å². The minimum Gasteiger partial charge on any atom is -0.478 e. The first-order valence-corrected chi connectivity index (χ1v) is 6.07. The molecule has 0 amide bonds. The van der Waals surface area contributed by atoms with Crippen LogP contribution < -0.4 is 10.5 Å². The molecule has 0 aliphatic rings. The van der Waals surface area contributed by atoms with Crippen LogP contribution in [0, 0.1) is 0 Å². The van der Waals surface area contributed by atoms with Crippen LogP contribution in [0.25, 0.3) is 0 Å². The molecule has 6 nitrogen and oxygen atoms in total. The van der Waals surface area contributed by atoms with Crippen LogP contribution in [0.4, 0.5) is 10.5 Å². The first kappa shape index (κ1) is 14.4. The molecule has 0 aliphatic heterocycles. The molecule has 0 spiro atoms. The lowest BCUT2D eigenvalue weighted by Gasteiger charge is -2.08. The molecule has 2 aromatic rings. The van der Waals surface area contributed by atoms with Crippen LogP contribution >= 0.6 is 0 Å². The van der Waals surface area contributed by atoms with E-state index < -0.39 is 12.1 Å². The molecule has 0 fully saturated rings. The Balaban J connectivity index is 2.01. The molecule has 0 aromatic heterocycles. The third kappa shape index (κ3) is 3.97. The van der Waals surface area contributed by atoms with E-state index in [1.54, 1.807) is 12.1 Å². The topological polar surface area (TPSA) is 98.9 Å². The highest BCUT2D eigenvalue weighted by molar-refractivity contribution is 5.92. The van der Waals surface area contributed by atoms with Gasteiger partial charge in [0.1, 0.15) is 17.9 Å². The van der Waals surface area contributed by atoms with Gasteiger partial charge < -0.3 is 20.3 Å². The van der Waals surface area contributed by atoms with Gasteiger partial charge in [-0.15, -0.1) is 0 Å². The van der Waals surface area contributed by atoms with Gasteiger partial charge in [0.05, 0.1) is 0 Å². The number of carbonyl (C=O) groups excluding carboxylic acids is 1. The van der Waals surface area contributed by atoms with Crippen LogP contribution in [0.1, 0.15) is 15.9 Å². The number of ether oxygens (including phenoxy) is 2. The summed E-state index contributed by atoms with van der Waals surface area (Å²) in [7, 11) is 0. The zero-order chi connectivity index (χ0) is 15.2. The number of hydrogen-bond acceptors (Lipinski definition) is 5. The molecule has 2 rings (SSSR count). The SMILES string of the molecule is Nc1ccc(OC(=O)OCc2ccccc2)c(C(=O)O)c1. The number of hydrogen-bond donors (Lipinski definition) is 2. The molecule has 0 unspecified atom stereocenters. The summed E-state index contributed by atoms with van der Waals surface area (Å²) in [4.78, 5) is 22.6. The van der Waals surface area contributed by atoms with Crippen LogP contribution in [0.3, 0.4) is 0 Å². The summed E-state index contributed by atoms with van der Waals surface area (Å²) in [5.74, 6) is -1.36.